The molecule has 0 aliphatic heterocycles. The lowest BCUT2D eigenvalue weighted by atomic mass is 11.8. The molecule has 5 heavy (non-hydrogen) atoms. The second-order valence-electron chi connectivity index (χ2n) is 0.442. The first-order valence-corrected chi connectivity index (χ1v) is 2.20. The summed E-state index contributed by atoms with van der Waals surface area (Å²) in [6.07, 6.45) is 0. The van der Waals surface area contributed by atoms with Gasteiger partial charge >= 0.3 is 9.26 Å². The lowest BCUT2D eigenvalue weighted by Gasteiger charge is -1.74. The van der Waals surface area contributed by atoms with Gasteiger partial charge in [-0.25, -0.2) is 0 Å². The summed E-state index contributed by atoms with van der Waals surface area (Å²) in [7, 11) is -2.07. The summed E-state index contributed by atoms with van der Waals surface area (Å²) in [5.41, 5.74) is 0. The standard InChI is InChI=1S/CH3FO2Si/c1-4-5(2)3/h1H3. The van der Waals surface area contributed by atoms with Gasteiger partial charge in [-0.15, -0.1) is 0 Å². The van der Waals surface area contributed by atoms with E-state index in [0.29, 0.717) is 0 Å². The summed E-state index contributed by atoms with van der Waals surface area (Å²) in [5.74, 6) is 0. The van der Waals surface area contributed by atoms with Crippen LogP contribution < -0.4 is 0 Å². The van der Waals surface area contributed by atoms with E-state index in [2.05, 4.69) is 4.43 Å². The van der Waals surface area contributed by atoms with Gasteiger partial charge in [0.1, 0.15) is 0 Å². The van der Waals surface area contributed by atoms with E-state index in [4.69, 9.17) is 4.46 Å². The summed E-state index contributed by atoms with van der Waals surface area (Å²) in [5, 5.41) is 0. The molecule has 0 N–H and O–H groups in total. The molecule has 0 saturated heterocycles. The zero-order chi connectivity index (χ0) is 4.28. The van der Waals surface area contributed by atoms with Crippen molar-refractivity contribution in [3.63, 3.8) is 0 Å². The Morgan fingerprint density at radius 2 is 2.20 bits per heavy atom. The van der Waals surface area contributed by atoms with Gasteiger partial charge in [0.15, 0.2) is 0 Å². The van der Waals surface area contributed by atoms with Gasteiger partial charge in [0.25, 0.3) is 0 Å². The van der Waals surface area contributed by atoms with E-state index in [-0.39, 0.29) is 0 Å². The summed E-state index contributed by atoms with van der Waals surface area (Å²) in [6.45, 7) is 0. The molecule has 0 heterocycles. The average Bonchev–Trinajstić information content (AvgIpc) is 1.38. The molecule has 0 aromatic rings. The number of rotatable bonds is 1. The molecule has 0 spiro atoms. The summed E-state index contributed by atoms with van der Waals surface area (Å²) < 4.78 is 23.5. The topological polar surface area (TPSA) is 26.3 Å². The van der Waals surface area contributed by atoms with E-state index in [9.17, 15) is 4.11 Å². The first-order chi connectivity index (χ1) is 2.27. The van der Waals surface area contributed by atoms with Crippen LogP contribution in [0.15, 0.2) is 0 Å². The molecule has 0 fully saturated rings. The second kappa shape index (κ2) is 2.01. The minimum absolute atomic E-state index is 1.06. The Morgan fingerprint density at radius 1 is 2.00 bits per heavy atom. The van der Waals surface area contributed by atoms with Crippen LogP contribution in [0.25, 0.3) is 0 Å². The fourth-order valence-corrected chi connectivity index (χ4v) is 0. The fourth-order valence-electron chi connectivity index (χ4n) is 0. The zero-order valence-corrected chi connectivity index (χ0v) is 3.69. The lowest BCUT2D eigenvalue weighted by molar-refractivity contribution is 0.320. The van der Waals surface area contributed by atoms with Gasteiger partial charge in [-0.2, -0.15) is 4.11 Å². The highest BCUT2D eigenvalue weighted by Gasteiger charge is 1.95. The molecule has 0 atom stereocenters. The maximum absolute atomic E-state index is 10.8. The number of halogens is 1. The van der Waals surface area contributed by atoms with Crippen LogP contribution in [0, 0.1) is 0 Å². The van der Waals surface area contributed by atoms with Crippen molar-refractivity contribution < 1.29 is 13.0 Å². The minimum Gasteiger partial charge on any atom is -0.505 e. The van der Waals surface area contributed by atoms with Gasteiger partial charge in [-0.05, 0) is 0 Å². The molecule has 0 rings (SSSR count). The van der Waals surface area contributed by atoms with Crippen LogP contribution >= 0.6 is 0 Å². The molecular formula is CH3FO2Si. The molecule has 2 nitrogen and oxygen atoms in total. The normalized spacial score (nSPS) is 6.80. The van der Waals surface area contributed by atoms with E-state index in [1.54, 1.807) is 0 Å². The second-order valence-corrected chi connectivity index (χ2v) is 1.33. The first-order valence-electron chi connectivity index (χ1n) is 1.01. The maximum atomic E-state index is 10.8. The number of hydrogen-bond donors (Lipinski definition) is 0. The zero-order valence-electron chi connectivity index (χ0n) is 2.69. The monoisotopic (exact) mass is 94.0 g/mol. The molecule has 30 valence electrons. The molecule has 0 aliphatic rings. The fraction of sp³-hybridized carbons (Fsp3) is 1.00. The first kappa shape index (κ1) is 4.75. The third-order valence-electron chi connectivity index (χ3n) is 0.160. The molecule has 0 unspecified atom stereocenters. The van der Waals surface area contributed by atoms with Crippen molar-refractivity contribution in [2.24, 2.45) is 0 Å². The van der Waals surface area contributed by atoms with Gasteiger partial charge in [-0.1, -0.05) is 0 Å². The molecular weight excluding hydrogens is 91.1 g/mol. The molecule has 0 aromatic carbocycles. The highest BCUT2D eigenvalue weighted by atomic mass is 28.3. The van der Waals surface area contributed by atoms with Gasteiger partial charge in [0.05, 0.1) is 7.11 Å². The van der Waals surface area contributed by atoms with Crippen molar-refractivity contribution in [1.82, 2.24) is 0 Å². The average molecular weight is 94.1 g/mol. The van der Waals surface area contributed by atoms with Crippen molar-refractivity contribution in [3.05, 3.63) is 0 Å². The summed E-state index contributed by atoms with van der Waals surface area (Å²) in [6, 6.07) is 0. The van der Waals surface area contributed by atoms with E-state index in [1.165, 1.54) is 0 Å². The van der Waals surface area contributed by atoms with E-state index in [0.717, 1.165) is 7.11 Å². The smallest absolute Gasteiger partial charge is 0.505 e. The highest BCUT2D eigenvalue weighted by Crippen LogP contribution is 1.62. The predicted molar refractivity (Wildman–Crippen MR) is 14.6 cm³/mol. The van der Waals surface area contributed by atoms with E-state index < -0.39 is 9.26 Å². The van der Waals surface area contributed by atoms with Crippen molar-refractivity contribution in [2.75, 3.05) is 7.11 Å². The Hall–Kier alpha value is -0.253. The van der Waals surface area contributed by atoms with Crippen molar-refractivity contribution in [3.8, 4) is 0 Å². The predicted octanol–water partition coefficient (Wildman–Crippen LogP) is 0.0177. The van der Waals surface area contributed by atoms with Crippen molar-refractivity contribution in [1.29, 1.82) is 0 Å². The summed E-state index contributed by atoms with van der Waals surface area (Å²) in [4.78, 5) is 0. The van der Waals surface area contributed by atoms with Crippen LogP contribution in [-0.2, 0) is 8.89 Å². The molecule has 0 aromatic heterocycles. The Labute approximate surface area is 30.5 Å². The third-order valence-corrected chi connectivity index (χ3v) is 0.481. The Morgan fingerprint density at radius 3 is 2.20 bits per heavy atom. The largest absolute Gasteiger partial charge is 0.736 e. The minimum atomic E-state index is -3.12. The van der Waals surface area contributed by atoms with Crippen LogP contribution in [-0.4, -0.2) is 16.4 Å². The number of hydrogen-bond acceptors (Lipinski definition) is 2. The van der Waals surface area contributed by atoms with E-state index in [1.807, 2.05) is 0 Å². The molecule has 0 radical (unpaired) electrons. The third kappa shape index (κ3) is 3.75. The van der Waals surface area contributed by atoms with Crippen molar-refractivity contribution >= 4 is 9.26 Å². The highest BCUT2D eigenvalue weighted by molar-refractivity contribution is 6.24. The van der Waals surface area contributed by atoms with E-state index >= 15 is 0 Å². The quantitative estimate of drug-likeness (QED) is 0.338. The van der Waals surface area contributed by atoms with Gasteiger partial charge in [0.2, 0.25) is 0 Å². The Kier molecular flexibility index (Phi) is 1.91. The molecule has 0 saturated carbocycles. The Balaban J connectivity index is 2.85. The molecule has 0 aliphatic carbocycles. The summed E-state index contributed by atoms with van der Waals surface area (Å²) >= 11 is 0. The van der Waals surface area contributed by atoms with Gasteiger partial charge in [-0.3, -0.25) is 4.46 Å². The Bertz CT molecular complexity index is 44.9. The van der Waals surface area contributed by atoms with Crippen LogP contribution in [0.3, 0.4) is 0 Å². The molecule has 0 amide bonds. The van der Waals surface area contributed by atoms with Crippen molar-refractivity contribution in [2.45, 2.75) is 0 Å². The molecule has 4 heteroatoms. The SMILES string of the molecule is CO[Si](=O)F. The van der Waals surface area contributed by atoms with Crippen LogP contribution in [0.4, 0.5) is 4.11 Å². The van der Waals surface area contributed by atoms with Gasteiger partial charge in [0, 0.05) is 0 Å². The lowest BCUT2D eigenvalue weighted by Crippen LogP contribution is -1.90. The van der Waals surface area contributed by atoms with Crippen LogP contribution in [0.1, 0.15) is 0 Å². The van der Waals surface area contributed by atoms with Gasteiger partial charge < -0.3 is 4.43 Å². The van der Waals surface area contributed by atoms with Crippen LogP contribution in [0.5, 0.6) is 0 Å². The van der Waals surface area contributed by atoms with Crippen LogP contribution in [0.2, 0.25) is 0 Å². The molecule has 0 bridgehead atoms. The maximum Gasteiger partial charge on any atom is 0.736 e.